The van der Waals surface area contributed by atoms with Gasteiger partial charge >= 0.3 is 5.97 Å². The second-order valence-corrected chi connectivity index (χ2v) is 9.81. The van der Waals surface area contributed by atoms with Crippen LogP contribution in [0.5, 0.6) is 5.75 Å². The molecule has 182 valence electrons. The number of non-ortho nitro benzene ring substituents is 1. The number of carbonyl (C=O) groups excluding carboxylic acids is 2. The normalized spacial score (nSPS) is 21.1. The third kappa shape index (κ3) is 5.01. The van der Waals surface area contributed by atoms with Gasteiger partial charge in [0.1, 0.15) is 18.3 Å². The van der Waals surface area contributed by atoms with Gasteiger partial charge in [-0.25, -0.2) is 0 Å². The zero-order valence-corrected chi connectivity index (χ0v) is 20.2. The largest absolute Gasteiger partial charge is 0.497 e. The number of esters is 1. The molecule has 8 nitrogen and oxygen atoms in total. The zero-order valence-electron chi connectivity index (χ0n) is 20.2. The van der Waals surface area contributed by atoms with Crippen LogP contribution in [0.1, 0.15) is 50.7 Å². The minimum atomic E-state index is -0.807. The van der Waals surface area contributed by atoms with E-state index in [0.717, 1.165) is 5.56 Å². The Morgan fingerprint density at radius 3 is 2.37 bits per heavy atom. The Kier molecular flexibility index (Phi) is 6.56. The minimum Gasteiger partial charge on any atom is -0.497 e. The maximum Gasteiger partial charge on any atom is 0.315 e. The first-order chi connectivity index (χ1) is 16.6. The van der Waals surface area contributed by atoms with E-state index < -0.39 is 22.7 Å². The molecular formula is C27H28N2O6. The van der Waals surface area contributed by atoms with Crippen molar-refractivity contribution in [1.29, 1.82) is 0 Å². The number of aliphatic imine (C=N–C) groups is 1. The van der Waals surface area contributed by atoms with Gasteiger partial charge in [0.15, 0.2) is 5.78 Å². The summed E-state index contributed by atoms with van der Waals surface area (Å²) in [5.41, 5.74) is 2.92. The van der Waals surface area contributed by atoms with Crippen molar-refractivity contribution in [2.24, 2.45) is 16.3 Å². The number of benzene rings is 2. The van der Waals surface area contributed by atoms with E-state index in [1.165, 1.54) is 12.1 Å². The molecule has 0 amide bonds. The molecule has 2 atom stereocenters. The Bertz CT molecular complexity index is 1230. The van der Waals surface area contributed by atoms with Crippen LogP contribution in [0.25, 0.3) is 0 Å². The summed E-state index contributed by atoms with van der Waals surface area (Å²) in [6.45, 7) is 5.88. The monoisotopic (exact) mass is 476 g/mol. The first-order valence-corrected chi connectivity index (χ1v) is 11.4. The highest BCUT2D eigenvalue weighted by molar-refractivity contribution is 6.09. The van der Waals surface area contributed by atoms with E-state index in [2.05, 4.69) is 0 Å². The number of ketones is 1. The number of rotatable bonds is 6. The summed E-state index contributed by atoms with van der Waals surface area (Å²) in [6, 6.07) is 13.2. The van der Waals surface area contributed by atoms with Gasteiger partial charge in [-0.1, -0.05) is 38.1 Å². The third-order valence-corrected chi connectivity index (χ3v) is 6.56. The maximum atomic E-state index is 13.4. The fraction of sp³-hybridized carbons (Fsp3) is 0.370. The van der Waals surface area contributed by atoms with Crippen molar-refractivity contribution in [2.45, 2.75) is 46.1 Å². The quantitative estimate of drug-likeness (QED) is 0.324. The molecule has 0 bridgehead atoms. The molecule has 0 radical (unpaired) electrons. The van der Waals surface area contributed by atoms with Crippen molar-refractivity contribution >= 4 is 23.2 Å². The predicted octanol–water partition coefficient (Wildman–Crippen LogP) is 5.16. The number of nitro groups is 1. The van der Waals surface area contributed by atoms with Gasteiger partial charge in [0.05, 0.1) is 12.0 Å². The molecule has 0 N–H and O–H groups in total. The first-order valence-electron chi connectivity index (χ1n) is 11.4. The molecule has 1 aliphatic carbocycles. The summed E-state index contributed by atoms with van der Waals surface area (Å²) in [5.74, 6) is -1.26. The summed E-state index contributed by atoms with van der Waals surface area (Å²) in [4.78, 5) is 42.1. The van der Waals surface area contributed by atoms with E-state index in [9.17, 15) is 19.7 Å². The van der Waals surface area contributed by atoms with Gasteiger partial charge in [0, 0.05) is 41.5 Å². The van der Waals surface area contributed by atoms with Crippen LogP contribution in [0.15, 0.2) is 64.8 Å². The van der Waals surface area contributed by atoms with Crippen molar-refractivity contribution in [3.8, 4) is 5.75 Å². The number of hydrogen-bond donors (Lipinski definition) is 0. The van der Waals surface area contributed by atoms with Gasteiger partial charge in [-0.05, 0) is 42.0 Å². The Balaban J connectivity index is 1.69. The van der Waals surface area contributed by atoms with Crippen LogP contribution in [0, 0.1) is 21.4 Å². The Morgan fingerprint density at radius 2 is 1.77 bits per heavy atom. The summed E-state index contributed by atoms with van der Waals surface area (Å²) in [6.07, 6.45) is 0.958. The SMILES string of the molecule is COc1ccc(COC(=O)C2C(C)=NC3=C(C(=O)CC(C)(C)C3)[C@H]2c2ccc([N+](=O)[O-])cc2)cc1. The third-order valence-electron chi connectivity index (χ3n) is 6.56. The average Bonchev–Trinajstić information content (AvgIpc) is 2.81. The van der Waals surface area contributed by atoms with Crippen LogP contribution in [0.3, 0.4) is 0 Å². The predicted molar refractivity (Wildman–Crippen MR) is 130 cm³/mol. The second kappa shape index (κ2) is 9.44. The molecule has 0 spiro atoms. The fourth-order valence-corrected chi connectivity index (χ4v) is 4.88. The van der Waals surface area contributed by atoms with Gasteiger partial charge in [0.2, 0.25) is 0 Å². The van der Waals surface area contributed by atoms with Crippen molar-refractivity contribution < 1.29 is 24.0 Å². The summed E-state index contributed by atoms with van der Waals surface area (Å²) in [7, 11) is 1.58. The fourth-order valence-electron chi connectivity index (χ4n) is 4.88. The van der Waals surface area contributed by atoms with Crippen LogP contribution in [0.4, 0.5) is 5.69 Å². The van der Waals surface area contributed by atoms with Gasteiger partial charge in [-0.2, -0.15) is 0 Å². The van der Waals surface area contributed by atoms with Gasteiger partial charge < -0.3 is 9.47 Å². The number of methoxy groups -OCH3 is 1. The minimum absolute atomic E-state index is 0.0520. The van der Waals surface area contributed by atoms with Crippen molar-refractivity contribution in [1.82, 2.24) is 0 Å². The van der Waals surface area contributed by atoms with E-state index in [1.54, 1.807) is 38.3 Å². The summed E-state index contributed by atoms with van der Waals surface area (Å²) < 4.78 is 10.8. The topological polar surface area (TPSA) is 108 Å². The zero-order chi connectivity index (χ0) is 25.3. The van der Waals surface area contributed by atoms with Gasteiger partial charge in [-0.15, -0.1) is 0 Å². The lowest BCUT2D eigenvalue weighted by molar-refractivity contribution is -0.384. The van der Waals surface area contributed by atoms with E-state index in [4.69, 9.17) is 14.5 Å². The molecule has 0 aromatic heterocycles. The molecule has 2 aromatic carbocycles. The number of hydrogen-bond acceptors (Lipinski definition) is 7. The maximum absolute atomic E-state index is 13.4. The highest BCUT2D eigenvalue weighted by Gasteiger charge is 2.46. The lowest BCUT2D eigenvalue weighted by Crippen LogP contribution is -2.39. The van der Waals surface area contributed by atoms with Crippen molar-refractivity contribution in [3.05, 3.63) is 81.0 Å². The molecule has 1 aliphatic heterocycles. The number of Topliss-reactive ketones (excluding diaryl/α,β-unsaturated/α-hetero) is 1. The molecule has 4 rings (SSSR count). The summed E-state index contributed by atoms with van der Waals surface area (Å²) in [5, 5.41) is 11.2. The highest BCUT2D eigenvalue weighted by atomic mass is 16.6. The Morgan fingerprint density at radius 1 is 1.11 bits per heavy atom. The van der Waals surface area contributed by atoms with Gasteiger partial charge in [-0.3, -0.25) is 24.7 Å². The van der Waals surface area contributed by atoms with E-state index in [-0.39, 0.29) is 23.5 Å². The molecule has 8 heteroatoms. The van der Waals surface area contributed by atoms with E-state index in [1.807, 2.05) is 26.0 Å². The van der Waals surface area contributed by atoms with Crippen LogP contribution in [-0.2, 0) is 20.9 Å². The molecule has 1 heterocycles. The van der Waals surface area contributed by atoms with Crippen LogP contribution in [-0.4, -0.2) is 29.5 Å². The lowest BCUT2D eigenvalue weighted by atomic mass is 9.67. The van der Waals surface area contributed by atoms with Crippen LogP contribution in [0.2, 0.25) is 0 Å². The van der Waals surface area contributed by atoms with Gasteiger partial charge in [0.25, 0.3) is 5.69 Å². The number of carbonyl (C=O) groups is 2. The molecule has 2 aromatic rings. The van der Waals surface area contributed by atoms with E-state index >= 15 is 0 Å². The molecule has 2 aliphatic rings. The van der Waals surface area contributed by atoms with Crippen LogP contribution < -0.4 is 4.74 Å². The molecular weight excluding hydrogens is 448 g/mol. The summed E-state index contributed by atoms with van der Waals surface area (Å²) >= 11 is 0. The molecule has 35 heavy (non-hydrogen) atoms. The standard InChI is InChI=1S/C27H28N2O6/c1-16-23(26(31)35-15-17-5-11-20(34-4)12-6-17)24(18-7-9-19(10-8-18)29(32)33)25-21(28-16)13-27(2,3)14-22(25)30/h5-12,23-24H,13-15H2,1-4H3/t23?,24-/m0/s1. The molecule has 0 fully saturated rings. The first kappa shape index (κ1) is 24.3. The van der Waals surface area contributed by atoms with E-state index in [0.29, 0.717) is 41.1 Å². The van der Waals surface area contributed by atoms with Crippen LogP contribution >= 0.6 is 0 Å². The highest BCUT2D eigenvalue weighted by Crippen LogP contribution is 2.48. The number of nitrogens with zero attached hydrogens (tertiary/aromatic N) is 2. The number of ether oxygens (including phenoxy) is 2. The Hall–Kier alpha value is -3.81. The van der Waals surface area contributed by atoms with Crippen molar-refractivity contribution in [3.63, 3.8) is 0 Å². The lowest BCUT2D eigenvalue weighted by Gasteiger charge is -2.39. The smallest absolute Gasteiger partial charge is 0.315 e. The number of nitro benzene ring substituents is 1. The second-order valence-electron chi connectivity index (χ2n) is 9.81. The molecule has 0 saturated carbocycles. The van der Waals surface area contributed by atoms with Crippen molar-refractivity contribution in [2.75, 3.05) is 7.11 Å². The molecule has 0 saturated heterocycles. The average molecular weight is 477 g/mol. The Labute approximate surface area is 203 Å². The number of allylic oxidation sites excluding steroid dienone is 2. The molecule has 1 unspecified atom stereocenters.